The molecule has 0 heterocycles. The van der Waals surface area contributed by atoms with E-state index in [1.165, 1.54) is 0 Å². The second-order valence-electron chi connectivity index (χ2n) is 3.33. The highest BCUT2D eigenvalue weighted by Crippen LogP contribution is 2.14. The van der Waals surface area contributed by atoms with Gasteiger partial charge in [-0.15, -0.1) is 0 Å². The number of carbonyl (C=O) groups is 1. The summed E-state index contributed by atoms with van der Waals surface area (Å²) in [5, 5.41) is 10.5. The van der Waals surface area contributed by atoms with Gasteiger partial charge in [0, 0.05) is 17.3 Å². The summed E-state index contributed by atoms with van der Waals surface area (Å²) < 4.78 is 0. The molecule has 1 aromatic rings. The van der Waals surface area contributed by atoms with E-state index in [1.807, 2.05) is 18.2 Å². The van der Waals surface area contributed by atoms with E-state index in [1.54, 1.807) is 13.0 Å². The van der Waals surface area contributed by atoms with E-state index >= 15 is 0 Å². The van der Waals surface area contributed by atoms with Crippen LogP contribution in [0.2, 0.25) is 5.02 Å². The van der Waals surface area contributed by atoms with Gasteiger partial charge in [-0.3, -0.25) is 4.79 Å². The van der Waals surface area contributed by atoms with Crippen LogP contribution in [0.15, 0.2) is 24.3 Å². The molecule has 0 bridgehead atoms. The third kappa shape index (κ3) is 4.13. The molecule has 0 radical (unpaired) electrons. The normalized spacial score (nSPS) is 9.73. The molecule has 4 heteroatoms. The zero-order valence-electron chi connectivity index (χ0n) is 8.51. The molecule has 0 saturated carbocycles. The van der Waals surface area contributed by atoms with Crippen LogP contribution in [-0.4, -0.2) is 11.6 Å². The molecule has 0 saturated heterocycles. The molecule has 0 fully saturated rings. The first-order valence-electron chi connectivity index (χ1n) is 4.63. The molecule has 0 spiro atoms. The Balaban J connectivity index is 2.47. The van der Waals surface area contributed by atoms with Crippen LogP contribution in [0.4, 0.5) is 0 Å². The van der Waals surface area contributed by atoms with Gasteiger partial charge in [-0.1, -0.05) is 29.8 Å². The number of nitrogens with one attached hydrogen (secondary N) is 2. The molecule has 1 rings (SSSR count). The summed E-state index contributed by atoms with van der Waals surface area (Å²) in [5.74, 6) is -0.151. The van der Waals surface area contributed by atoms with Crippen molar-refractivity contribution in [1.29, 1.82) is 5.41 Å². The predicted octanol–water partition coefficient (Wildman–Crippen LogP) is 2.39. The van der Waals surface area contributed by atoms with Gasteiger partial charge in [-0.2, -0.15) is 0 Å². The standard InChI is InChI=1S/C11H13ClN2O/c1-8(13)6-11(15)14-7-9-4-2-3-5-10(9)12/h2-5,13H,6-7H2,1H3,(H,14,15). The zero-order valence-corrected chi connectivity index (χ0v) is 9.27. The maximum absolute atomic E-state index is 11.2. The van der Waals surface area contributed by atoms with Gasteiger partial charge in [-0.05, 0) is 18.6 Å². The summed E-state index contributed by atoms with van der Waals surface area (Å²) in [7, 11) is 0. The Labute approximate surface area is 94.0 Å². The average Bonchev–Trinajstić information content (AvgIpc) is 2.15. The highest BCUT2D eigenvalue weighted by atomic mass is 35.5. The average molecular weight is 225 g/mol. The van der Waals surface area contributed by atoms with Crippen LogP contribution < -0.4 is 5.32 Å². The summed E-state index contributed by atoms with van der Waals surface area (Å²) in [4.78, 5) is 11.2. The lowest BCUT2D eigenvalue weighted by molar-refractivity contribution is -0.120. The summed E-state index contributed by atoms with van der Waals surface area (Å²) in [6.45, 7) is 2.01. The van der Waals surface area contributed by atoms with Gasteiger partial charge in [-0.25, -0.2) is 0 Å². The van der Waals surface area contributed by atoms with Gasteiger partial charge in [0.25, 0.3) is 0 Å². The molecule has 80 valence electrons. The second kappa shape index (κ2) is 5.51. The Morgan fingerprint density at radius 2 is 2.13 bits per heavy atom. The third-order valence-electron chi connectivity index (χ3n) is 1.86. The molecular formula is C11H13ClN2O. The van der Waals surface area contributed by atoms with E-state index in [2.05, 4.69) is 5.32 Å². The Kier molecular flexibility index (Phi) is 4.31. The molecule has 0 aromatic heterocycles. The summed E-state index contributed by atoms with van der Waals surface area (Å²) >= 11 is 5.92. The smallest absolute Gasteiger partial charge is 0.225 e. The minimum atomic E-state index is -0.151. The lowest BCUT2D eigenvalue weighted by atomic mass is 10.2. The van der Waals surface area contributed by atoms with Gasteiger partial charge in [0.2, 0.25) is 5.91 Å². The molecule has 1 aromatic carbocycles. The monoisotopic (exact) mass is 224 g/mol. The van der Waals surface area contributed by atoms with Crippen molar-refractivity contribution in [3.05, 3.63) is 34.9 Å². The molecule has 0 aliphatic carbocycles. The number of rotatable bonds is 4. The first kappa shape index (κ1) is 11.7. The summed E-state index contributed by atoms with van der Waals surface area (Å²) in [6, 6.07) is 7.36. The highest BCUT2D eigenvalue weighted by molar-refractivity contribution is 6.31. The molecule has 0 aliphatic rings. The molecule has 3 nitrogen and oxygen atoms in total. The fraction of sp³-hybridized carbons (Fsp3) is 0.273. The van der Waals surface area contributed by atoms with Gasteiger partial charge < -0.3 is 10.7 Å². The Bertz CT molecular complexity index is 377. The van der Waals surface area contributed by atoms with E-state index in [0.29, 0.717) is 17.3 Å². The van der Waals surface area contributed by atoms with Crippen LogP contribution >= 0.6 is 11.6 Å². The summed E-state index contributed by atoms with van der Waals surface area (Å²) in [6.07, 6.45) is 0.143. The number of benzene rings is 1. The summed E-state index contributed by atoms with van der Waals surface area (Å²) in [5.41, 5.74) is 1.24. The number of carbonyl (C=O) groups excluding carboxylic acids is 1. The van der Waals surface area contributed by atoms with E-state index in [4.69, 9.17) is 17.0 Å². The van der Waals surface area contributed by atoms with E-state index in [0.717, 1.165) is 5.56 Å². The quantitative estimate of drug-likeness (QED) is 0.759. The Hall–Kier alpha value is -1.35. The lowest BCUT2D eigenvalue weighted by Crippen LogP contribution is -2.24. The largest absolute Gasteiger partial charge is 0.352 e. The molecule has 0 aliphatic heterocycles. The Morgan fingerprint density at radius 3 is 2.73 bits per heavy atom. The van der Waals surface area contributed by atoms with Crippen molar-refractivity contribution in [3.63, 3.8) is 0 Å². The van der Waals surface area contributed by atoms with E-state index in [-0.39, 0.29) is 12.3 Å². The number of amides is 1. The first-order chi connectivity index (χ1) is 7.09. The Morgan fingerprint density at radius 1 is 1.47 bits per heavy atom. The van der Waals surface area contributed by atoms with Crippen molar-refractivity contribution in [1.82, 2.24) is 5.32 Å². The molecule has 0 unspecified atom stereocenters. The first-order valence-corrected chi connectivity index (χ1v) is 5.01. The second-order valence-corrected chi connectivity index (χ2v) is 3.73. The van der Waals surface area contributed by atoms with Crippen LogP contribution in [0.5, 0.6) is 0 Å². The van der Waals surface area contributed by atoms with Crippen molar-refractivity contribution in [2.75, 3.05) is 0 Å². The van der Waals surface area contributed by atoms with Gasteiger partial charge >= 0.3 is 0 Å². The van der Waals surface area contributed by atoms with Crippen LogP contribution in [0.3, 0.4) is 0 Å². The van der Waals surface area contributed by atoms with Gasteiger partial charge in [0.1, 0.15) is 0 Å². The minimum Gasteiger partial charge on any atom is -0.352 e. The predicted molar refractivity (Wildman–Crippen MR) is 61.3 cm³/mol. The molecular weight excluding hydrogens is 212 g/mol. The number of hydrogen-bond acceptors (Lipinski definition) is 2. The van der Waals surface area contributed by atoms with Gasteiger partial charge in [0.05, 0.1) is 6.42 Å². The molecule has 1 amide bonds. The van der Waals surface area contributed by atoms with Crippen molar-refractivity contribution in [2.24, 2.45) is 0 Å². The number of halogens is 1. The van der Waals surface area contributed by atoms with Crippen LogP contribution in [0.25, 0.3) is 0 Å². The fourth-order valence-electron chi connectivity index (χ4n) is 1.14. The zero-order chi connectivity index (χ0) is 11.3. The fourth-order valence-corrected chi connectivity index (χ4v) is 1.34. The molecule has 15 heavy (non-hydrogen) atoms. The van der Waals surface area contributed by atoms with Crippen LogP contribution in [-0.2, 0) is 11.3 Å². The molecule has 0 atom stereocenters. The van der Waals surface area contributed by atoms with Crippen molar-refractivity contribution in [2.45, 2.75) is 19.9 Å². The maximum atomic E-state index is 11.2. The van der Waals surface area contributed by atoms with Crippen LogP contribution in [0.1, 0.15) is 18.9 Å². The lowest BCUT2D eigenvalue weighted by Gasteiger charge is -2.06. The third-order valence-corrected chi connectivity index (χ3v) is 2.23. The van der Waals surface area contributed by atoms with Gasteiger partial charge in [0.15, 0.2) is 0 Å². The SMILES string of the molecule is CC(=N)CC(=O)NCc1ccccc1Cl. The molecule has 2 N–H and O–H groups in total. The topological polar surface area (TPSA) is 53.0 Å². The van der Waals surface area contributed by atoms with E-state index < -0.39 is 0 Å². The minimum absolute atomic E-state index is 0.143. The number of hydrogen-bond donors (Lipinski definition) is 2. The van der Waals surface area contributed by atoms with Crippen molar-refractivity contribution < 1.29 is 4.79 Å². The van der Waals surface area contributed by atoms with Crippen molar-refractivity contribution >= 4 is 23.2 Å². The maximum Gasteiger partial charge on any atom is 0.225 e. The van der Waals surface area contributed by atoms with Crippen LogP contribution in [0, 0.1) is 5.41 Å². The highest BCUT2D eigenvalue weighted by Gasteiger charge is 2.03. The van der Waals surface area contributed by atoms with Crippen molar-refractivity contribution in [3.8, 4) is 0 Å². The van der Waals surface area contributed by atoms with E-state index in [9.17, 15) is 4.79 Å².